The second-order valence-corrected chi connectivity index (χ2v) is 4.78. The first kappa shape index (κ1) is 14.5. The summed E-state index contributed by atoms with van der Waals surface area (Å²) < 4.78 is 5.40. The Morgan fingerprint density at radius 1 is 1.30 bits per heavy atom. The van der Waals surface area contributed by atoms with Crippen LogP contribution in [0.2, 0.25) is 0 Å². The zero-order chi connectivity index (χ0) is 14.5. The molecule has 1 aromatic carbocycles. The fourth-order valence-electron chi connectivity index (χ4n) is 2.01. The van der Waals surface area contributed by atoms with Gasteiger partial charge in [-0.2, -0.15) is 0 Å². The van der Waals surface area contributed by atoms with Crippen LogP contribution >= 0.6 is 0 Å². The van der Waals surface area contributed by atoms with Gasteiger partial charge in [0.15, 0.2) is 0 Å². The zero-order valence-electron chi connectivity index (χ0n) is 11.7. The zero-order valence-corrected chi connectivity index (χ0v) is 11.7. The average Bonchev–Trinajstić information content (AvgIpc) is 2.42. The first-order valence-corrected chi connectivity index (χ1v) is 6.57. The molecule has 0 saturated carbocycles. The molecule has 0 aliphatic carbocycles. The first-order valence-electron chi connectivity index (χ1n) is 6.57. The number of anilines is 2. The molecule has 0 bridgehead atoms. The van der Waals surface area contributed by atoms with Crippen molar-refractivity contribution in [2.75, 3.05) is 30.3 Å². The molecule has 2 amide bonds. The Kier molecular flexibility index (Phi) is 4.70. The normalized spacial score (nSPS) is 18.4. The third-order valence-electron chi connectivity index (χ3n) is 2.96. The Balaban J connectivity index is 2.12. The minimum absolute atomic E-state index is 0.181. The highest BCUT2D eigenvalue weighted by atomic mass is 16.5. The molecule has 0 radical (unpaired) electrons. The number of amides is 2. The van der Waals surface area contributed by atoms with Gasteiger partial charge in [0, 0.05) is 20.0 Å². The topological polar surface area (TPSA) is 79.5 Å². The summed E-state index contributed by atoms with van der Waals surface area (Å²) in [7, 11) is 0. The molecule has 2 rings (SSSR count). The van der Waals surface area contributed by atoms with E-state index in [-0.39, 0.29) is 11.8 Å². The molecule has 1 atom stereocenters. The number of morpholine rings is 1. The van der Waals surface area contributed by atoms with Crippen molar-refractivity contribution in [3.63, 3.8) is 0 Å². The predicted molar refractivity (Wildman–Crippen MR) is 76.7 cm³/mol. The summed E-state index contributed by atoms with van der Waals surface area (Å²) in [6, 6.07) is 5.46. The van der Waals surface area contributed by atoms with E-state index in [9.17, 15) is 9.59 Å². The molecule has 1 heterocycles. The maximum Gasteiger partial charge on any atom is 0.254 e. The van der Waals surface area contributed by atoms with E-state index >= 15 is 0 Å². The number of benzene rings is 1. The summed E-state index contributed by atoms with van der Waals surface area (Å²) in [5.41, 5.74) is 2.16. The number of carbonyl (C=O) groups is 2. The molecule has 1 fully saturated rings. The highest BCUT2D eigenvalue weighted by Crippen LogP contribution is 2.23. The molecule has 1 aliphatic heterocycles. The van der Waals surface area contributed by atoms with Crippen LogP contribution < -0.4 is 16.0 Å². The molecule has 1 aromatic rings. The van der Waals surface area contributed by atoms with Gasteiger partial charge in [-0.25, -0.2) is 0 Å². The number of aryl methyl sites for hydroxylation is 1. The Labute approximate surface area is 117 Å². The molecule has 0 spiro atoms. The van der Waals surface area contributed by atoms with E-state index < -0.39 is 6.10 Å². The highest BCUT2D eigenvalue weighted by Gasteiger charge is 2.22. The fourth-order valence-corrected chi connectivity index (χ4v) is 2.01. The van der Waals surface area contributed by atoms with E-state index in [1.54, 1.807) is 6.07 Å². The highest BCUT2D eigenvalue weighted by molar-refractivity contribution is 6.00. The summed E-state index contributed by atoms with van der Waals surface area (Å²) in [5, 5.41) is 8.61. The van der Waals surface area contributed by atoms with Gasteiger partial charge in [-0.05, 0) is 24.6 Å². The quantitative estimate of drug-likeness (QED) is 0.766. The summed E-state index contributed by atoms with van der Waals surface area (Å²) in [4.78, 5) is 23.3. The van der Waals surface area contributed by atoms with Gasteiger partial charge in [-0.1, -0.05) is 6.07 Å². The van der Waals surface area contributed by atoms with Crippen LogP contribution in [0.4, 0.5) is 11.4 Å². The van der Waals surface area contributed by atoms with Crippen LogP contribution in [0, 0.1) is 6.92 Å². The van der Waals surface area contributed by atoms with Crippen LogP contribution in [0.1, 0.15) is 12.5 Å². The van der Waals surface area contributed by atoms with E-state index in [4.69, 9.17) is 4.74 Å². The van der Waals surface area contributed by atoms with Crippen molar-refractivity contribution >= 4 is 23.2 Å². The van der Waals surface area contributed by atoms with Crippen LogP contribution in [0.5, 0.6) is 0 Å². The van der Waals surface area contributed by atoms with Crippen molar-refractivity contribution in [3.05, 3.63) is 23.8 Å². The van der Waals surface area contributed by atoms with Crippen molar-refractivity contribution in [2.45, 2.75) is 20.0 Å². The smallest absolute Gasteiger partial charge is 0.254 e. The molecule has 20 heavy (non-hydrogen) atoms. The molecule has 0 aromatic heterocycles. The summed E-state index contributed by atoms with van der Waals surface area (Å²) in [6.45, 7) is 5.12. The third-order valence-corrected chi connectivity index (χ3v) is 2.96. The molecule has 3 N–H and O–H groups in total. The maximum absolute atomic E-state index is 12.1. The summed E-state index contributed by atoms with van der Waals surface area (Å²) in [5.74, 6) is -0.394. The standard InChI is InChI=1S/C14H19N3O3/c1-9-3-4-11(16-10(2)18)12(7-9)17-14(19)13-8-15-5-6-20-13/h3-4,7,13,15H,5-6,8H2,1-2H3,(H,16,18)(H,17,19). The molecule has 1 unspecified atom stereocenters. The monoisotopic (exact) mass is 277 g/mol. The van der Waals surface area contributed by atoms with Gasteiger partial charge in [-0.15, -0.1) is 0 Å². The van der Waals surface area contributed by atoms with Crippen LogP contribution in [-0.2, 0) is 14.3 Å². The average molecular weight is 277 g/mol. The molecular weight excluding hydrogens is 258 g/mol. The first-order chi connectivity index (χ1) is 9.56. The molecule has 6 nitrogen and oxygen atoms in total. The fraction of sp³-hybridized carbons (Fsp3) is 0.429. The second-order valence-electron chi connectivity index (χ2n) is 4.78. The van der Waals surface area contributed by atoms with Crippen molar-refractivity contribution in [2.24, 2.45) is 0 Å². The number of nitrogens with one attached hydrogen (secondary N) is 3. The minimum Gasteiger partial charge on any atom is -0.366 e. The Morgan fingerprint density at radius 2 is 2.10 bits per heavy atom. The van der Waals surface area contributed by atoms with Crippen LogP contribution in [0.3, 0.4) is 0 Å². The van der Waals surface area contributed by atoms with Gasteiger partial charge >= 0.3 is 0 Å². The number of carbonyl (C=O) groups excluding carboxylic acids is 2. The maximum atomic E-state index is 12.1. The number of rotatable bonds is 3. The molecule has 1 aliphatic rings. The van der Waals surface area contributed by atoms with Crippen LogP contribution in [-0.4, -0.2) is 37.6 Å². The van der Waals surface area contributed by atoms with Crippen molar-refractivity contribution in [3.8, 4) is 0 Å². The lowest BCUT2D eigenvalue weighted by Crippen LogP contribution is -2.45. The lowest BCUT2D eigenvalue weighted by Gasteiger charge is -2.23. The van der Waals surface area contributed by atoms with Crippen LogP contribution in [0.15, 0.2) is 18.2 Å². The van der Waals surface area contributed by atoms with Gasteiger partial charge in [-0.3, -0.25) is 9.59 Å². The van der Waals surface area contributed by atoms with E-state index in [2.05, 4.69) is 16.0 Å². The lowest BCUT2D eigenvalue weighted by molar-refractivity contribution is -0.128. The van der Waals surface area contributed by atoms with Crippen molar-refractivity contribution in [1.82, 2.24) is 5.32 Å². The lowest BCUT2D eigenvalue weighted by atomic mass is 10.1. The van der Waals surface area contributed by atoms with Gasteiger partial charge < -0.3 is 20.7 Å². The largest absolute Gasteiger partial charge is 0.366 e. The Bertz CT molecular complexity index is 510. The molecule has 1 saturated heterocycles. The van der Waals surface area contributed by atoms with Gasteiger partial charge in [0.1, 0.15) is 6.10 Å². The second kappa shape index (κ2) is 6.49. The van der Waals surface area contributed by atoms with Gasteiger partial charge in [0.25, 0.3) is 5.91 Å². The number of ether oxygens (including phenoxy) is 1. The Morgan fingerprint density at radius 3 is 2.75 bits per heavy atom. The SMILES string of the molecule is CC(=O)Nc1ccc(C)cc1NC(=O)C1CNCCO1. The third kappa shape index (κ3) is 3.79. The van der Waals surface area contributed by atoms with Gasteiger partial charge in [0.2, 0.25) is 5.91 Å². The van der Waals surface area contributed by atoms with Crippen molar-refractivity contribution in [1.29, 1.82) is 0 Å². The van der Waals surface area contributed by atoms with Crippen molar-refractivity contribution < 1.29 is 14.3 Å². The molecule has 108 valence electrons. The summed E-state index contributed by atoms with van der Waals surface area (Å²) >= 11 is 0. The minimum atomic E-state index is -0.505. The number of hydrogen-bond acceptors (Lipinski definition) is 4. The van der Waals surface area contributed by atoms with Gasteiger partial charge in [0.05, 0.1) is 18.0 Å². The van der Waals surface area contributed by atoms with E-state index in [1.165, 1.54) is 6.92 Å². The Hall–Kier alpha value is -1.92. The molecular formula is C14H19N3O3. The van der Waals surface area contributed by atoms with E-state index in [0.717, 1.165) is 12.1 Å². The molecule has 6 heteroatoms. The number of hydrogen-bond donors (Lipinski definition) is 3. The van der Waals surface area contributed by atoms with E-state index in [1.807, 2.05) is 19.1 Å². The van der Waals surface area contributed by atoms with E-state index in [0.29, 0.717) is 24.5 Å². The predicted octanol–water partition coefficient (Wildman–Crippen LogP) is 0.880. The van der Waals surface area contributed by atoms with Crippen LogP contribution in [0.25, 0.3) is 0 Å². The summed E-state index contributed by atoms with van der Waals surface area (Å²) in [6.07, 6.45) is -0.505.